The van der Waals surface area contributed by atoms with Gasteiger partial charge in [-0.2, -0.15) is 0 Å². The summed E-state index contributed by atoms with van der Waals surface area (Å²) in [5.41, 5.74) is -1.66. The number of alkyl halides is 3. The molecule has 0 fully saturated rings. The van der Waals surface area contributed by atoms with Crippen LogP contribution in [0.4, 0.5) is 18.9 Å². The minimum absolute atomic E-state index is 0.437. The third-order valence-electron chi connectivity index (χ3n) is 2.06. The summed E-state index contributed by atoms with van der Waals surface area (Å²) in [6, 6.07) is 0. The van der Waals surface area contributed by atoms with Crippen LogP contribution in [0.5, 0.6) is 5.75 Å². The van der Waals surface area contributed by atoms with E-state index in [-0.39, 0.29) is 0 Å². The van der Waals surface area contributed by atoms with E-state index in [0.29, 0.717) is 6.20 Å². The Kier molecular flexibility index (Phi) is 3.92. The first-order chi connectivity index (χ1) is 8.61. The summed E-state index contributed by atoms with van der Waals surface area (Å²) in [6.07, 6.45) is -5.25. The molecule has 0 saturated heterocycles. The van der Waals surface area contributed by atoms with E-state index in [1.54, 1.807) is 0 Å². The number of carbonyl (C=O) groups is 1. The van der Waals surface area contributed by atoms with Gasteiger partial charge in [0.15, 0.2) is 5.75 Å². The number of ether oxygens (including phenoxy) is 1. The summed E-state index contributed by atoms with van der Waals surface area (Å²) >= 11 is 0. The normalized spacial score (nSPS) is 11.2. The second-order valence-electron chi connectivity index (χ2n) is 3.42. The molecule has 0 aliphatic carbocycles. The zero-order valence-corrected chi connectivity index (χ0v) is 9.39. The molecular formula is C9H7F3N2O5. The first kappa shape index (κ1) is 14.7. The lowest BCUT2D eigenvalue weighted by Crippen LogP contribution is -2.20. The molecule has 0 bridgehead atoms. The predicted molar refractivity (Wildman–Crippen MR) is 53.7 cm³/mol. The van der Waals surface area contributed by atoms with Gasteiger partial charge in [0.2, 0.25) is 0 Å². The van der Waals surface area contributed by atoms with E-state index in [9.17, 15) is 28.1 Å². The molecule has 0 saturated carbocycles. The Balaban J connectivity index is 3.36. The molecule has 104 valence electrons. The zero-order valence-electron chi connectivity index (χ0n) is 9.39. The van der Waals surface area contributed by atoms with E-state index >= 15 is 0 Å². The van der Waals surface area contributed by atoms with E-state index in [1.165, 1.54) is 0 Å². The number of hydrogen-bond donors (Lipinski definition) is 1. The lowest BCUT2D eigenvalue weighted by molar-refractivity contribution is -0.386. The second kappa shape index (κ2) is 5.08. The lowest BCUT2D eigenvalue weighted by atomic mass is 10.1. The average Bonchev–Trinajstić information content (AvgIpc) is 2.20. The third-order valence-corrected chi connectivity index (χ3v) is 2.06. The van der Waals surface area contributed by atoms with Gasteiger partial charge in [0.25, 0.3) is 5.69 Å². The van der Waals surface area contributed by atoms with E-state index in [0.717, 1.165) is 6.92 Å². The van der Waals surface area contributed by atoms with Crippen LogP contribution >= 0.6 is 0 Å². The molecule has 0 aliphatic rings. The number of nitro groups is 1. The van der Waals surface area contributed by atoms with Crippen molar-refractivity contribution >= 4 is 11.7 Å². The van der Waals surface area contributed by atoms with Crippen LogP contribution in [-0.4, -0.2) is 27.3 Å². The Labute approximate surface area is 103 Å². The summed E-state index contributed by atoms with van der Waals surface area (Å²) in [7, 11) is 0. The molecular weight excluding hydrogens is 273 g/mol. The number of pyridine rings is 1. The van der Waals surface area contributed by atoms with E-state index < -0.39 is 46.4 Å². The van der Waals surface area contributed by atoms with Crippen molar-refractivity contribution in [3.8, 4) is 5.75 Å². The van der Waals surface area contributed by atoms with Crippen LogP contribution in [0.3, 0.4) is 0 Å². The van der Waals surface area contributed by atoms with Crippen LogP contribution < -0.4 is 4.74 Å². The van der Waals surface area contributed by atoms with E-state index in [2.05, 4.69) is 9.72 Å². The highest BCUT2D eigenvalue weighted by Crippen LogP contribution is 2.33. The number of aromatic nitrogens is 1. The van der Waals surface area contributed by atoms with Gasteiger partial charge in [-0.15, -0.1) is 13.2 Å². The molecule has 0 amide bonds. The van der Waals surface area contributed by atoms with Crippen LogP contribution in [0, 0.1) is 17.0 Å². The quantitative estimate of drug-likeness (QED) is 0.666. The highest BCUT2D eigenvalue weighted by Gasteiger charge is 2.35. The van der Waals surface area contributed by atoms with Crippen molar-refractivity contribution in [2.75, 3.05) is 0 Å². The molecule has 0 aromatic carbocycles. The molecule has 0 radical (unpaired) electrons. The van der Waals surface area contributed by atoms with Crippen LogP contribution in [0.1, 0.15) is 11.3 Å². The highest BCUT2D eigenvalue weighted by atomic mass is 19.4. The van der Waals surface area contributed by atoms with Gasteiger partial charge in [0, 0.05) is 0 Å². The molecule has 1 N–H and O–H groups in total. The van der Waals surface area contributed by atoms with Crippen LogP contribution in [0.15, 0.2) is 6.20 Å². The topological polar surface area (TPSA) is 103 Å². The van der Waals surface area contributed by atoms with Crippen LogP contribution in [-0.2, 0) is 11.2 Å². The largest absolute Gasteiger partial charge is 0.573 e. The van der Waals surface area contributed by atoms with Gasteiger partial charge in [0.05, 0.1) is 22.6 Å². The summed E-state index contributed by atoms with van der Waals surface area (Å²) < 4.78 is 40.2. The van der Waals surface area contributed by atoms with E-state index in [1.807, 2.05) is 0 Å². The molecule has 10 heteroatoms. The summed E-state index contributed by atoms with van der Waals surface area (Å²) in [6.45, 7) is 1.02. The smallest absolute Gasteiger partial charge is 0.481 e. The molecule has 1 aromatic rings. The monoisotopic (exact) mass is 280 g/mol. The van der Waals surface area contributed by atoms with Crippen LogP contribution in [0.2, 0.25) is 0 Å². The Morgan fingerprint density at radius 2 is 2.16 bits per heavy atom. The fourth-order valence-corrected chi connectivity index (χ4v) is 1.33. The molecule has 0 unspecified atom stereocenters. The number of aliphatic carboxylic acids is 1. The predicted octanol–water partition coefficient (Wildman–Crippen LogP) is 1.82. The summed E-state index contributed by atoms with van der Waals surface area (Å²) in [4.78, 5) is 23.5. The SMILES string of the molecule is Cc1c([N+](=O)[O-])cnc(CC(=O)O)c1OC(F)(F)F. The van der Waals surface area contributed by atoms with Gasteiger partial charge in [-0.1, -0.05) is 0 Å². The molecule has 1 aromatic heterocycles. The molecule has 0 aliphatic heterocycles. The fraction of sp³-hybridized carbons (Fsp3) is 0.333. The van der Waals surface area contributed by atoms with Crippen molar-refractivity contribution in [2.24, 2.45) is 0 Å². The Morgan fingerprint density at radius 3 is 2.58 bits per heavy atom. The van der Waals surface area contributed by atoms with Crippen LogP contribution in [0.25, 0.3) is 0 Å². The van der Waals surface area contributed by atoms with E-state index in [4.69, 9.17) is 5.11 Å². The van der Waals surface area contributed by atoms with Gasteiger partial charge >= 0.3 is 12.3 Å². The number of halogens is 3. The van der Waals surface area contributed by atoms with Crippen molar-refractivity contribution in [3.05, 3.63) is 27.6 Å². The Hall–Kier alpha value is -2.39. The molecule has 7 nitrogen and oxygen atoms in total. The summed E-state index contributed by atoms with van der Waals surface area (Å²) in [5.74, 6) is -2.39. The van der Waals surface area contributed by atoms with Crippen molar-refractivity contribution in [2.45, 2.75) is 19.7 Å². The first-order valence-electron chi connectivity index (χ1n) is 4.72. The number of carboxylic acid groups (broad SMARTS) is 1. The number of carboxylic acids is 1. The molecule has 1 rings (SSSR count). The van der Waals surface area contributed by atoms with Gasteiger partial charge < -0.3 is 9.84 Å². The lowest BCUT2D eigenvalue weighted by Gasteiger charge is -2.14. The highest BCUT2D eigenvalue weighted by molar-refractivity contribution is 5.71. The van der Waals surface area contributed by atoms with Crippen molar-refractivity contribution in [1.29, 1.82) is 0 Å². The molecule has 1 heterocycles. The minimum Gasteiger partial charge on any atom is -0.481 e. The van der Waals surface area contributed by atoms with Crippen molar-refractivity contribution in [1.82, 2.24) is 4.98 Å². The van der Waals surface area contributed by atoms with Crippen molar-refractivity contribution < 1.29 is 32.7 Å². The Bertz CT molecular complexity index is 529. The first-order valence-corrected chi connectivity index (χ1v) is 4.72. The average molecular weight is 280 g/mol. The van der Waals surface area contributed by atoms with Crippen molar-refractivity contribution in [3.63, 3.8) is 0 Å². The van der Waals surface area contributed by atoms with Gasteiger partial charge in [-0.25, -0.2) is 4.98 Å². The number of hydrogen-bond acceptors (Lipinski definition) is 5. The number of nitrogens with zero attached hydrogens (tertiary/aromatic N) is 2. The molecule has 19 heavy (non-hydrogen) atoms. The zero-order chi connectivity index (χ0) is 14.8. The maximum atomic E-state index is 12.2. The number of rotatable bonds is 4. The third kappa shape index (κ3) is 3.79. The van der Waals surface area contributed by atoms with Gasteiger partial charge in [-0.3, -0.25) is 14.9 Å². The van der Waals surface area contributed by atoms with Gasteiger partial charge in [-0.05, 0) is 6.92 Å². The maximum Gasteiger partial charge on any atom is 0.573 e. The Morgan fingerprint density at radius 1 is 1.58 bits per heavy atom. The maximum absolute atomic E-state index is 12.2. The van der Waals surface area contributed by atoms with Gasteiger partial charge in [0.1, 0.15) is 6.20 Å². The molecule has 0 spiro atoms. The minimum atomic E-state index is -5.10. The second-order valence-corrected chi connectivity index (χ2v) is 3.42. The molecule has 0 atom stereocenters. The standard InChI is InChI=1S/C9H7F3N2O5/c1-4-6(14(17)18)3-13-5(2-7(15)16)8(4)19-9(10,11)12/h3H,2H2,1H3,(H,15,16). The summed E-state index contributed by atoms with van der Waals surface area (Å²) in [5, 5.41) is 19.1. The fourth-order valence-electron chi connectivity index (χ4n) is 1.33.